The van der Waals surface area contributed by atoms with Crippen LogP contribution in [0.4, 0.5) is 0 Å². The van der Waals surface area contributed by atoms with Gasteiger partial charge in [0.05, 0.1) is 14.2 Å². The van der Waals surface area contributed by atoms with Gasteiger partial charge in [-0.15, -0.1) is 21.5 Å². The summed E-state index contributed by atoms with van der Waals surface area (Å²) in [6, 6.07) is 6.12. The van der Waals surface area contributed by atoms with E-state index in [1.165, 1.54) is 41.3 Å². The summed E-state index contributed by atoms with van der Waals surface area (Å²) in [6.45, 7) is 3.13. The van der Waals surface area contributed by atoms with Crippen LogP contribution in [0, 0.1) is 0 Å². The number of nitrogens with zero attached hydrogens (tertiary/aromatic N) is 3. The summed E-state index contributed by atoms with van der Waals surface area (Å²) in [6.07, 6.45) is 4.94. The summed E-state index contributed by atoms with van der Waals surface area (Å²) in [5, 5.41) is 11.4. The molecule has 2 aliphatic rings. The van der Waals surface area contributed by atoms with E-state index in [0.717, 1.165) is 37.1 Å². The molecule has 0 bridgehead atoms. The fraction of sp³-hybridized carbons (Fsp3) is 0.579. The molecule has 2 aromatic rings. The van der Waals surface area contributed by atoms with Gasteiger partial charge in [0, 0.05) is 24.4 Å². The summed E-state index contributed by atoms with van der Waals surface area (Å²) in [4.78, 5) is 2.51. The Bertz CT molecular complexity index is 699. The van der Waals surface area contributed by atoms with Gasteiger partial charge in [-0.1, -0.05) is 0 Å². The number of rotatable bonds is 6. The van der Waals surface area contributed by atoms with Gasteiger partial charge in [-0.2, -0.15) is 0 Å². The molecule has 2 fully saturated rings. The maximum absolute atomic E-state index is 5.38. The smallest absolute Gasteiger partial charge is 0.122 e. The lowest BCUT2D eigenvalue weighted by Crippen LogP contribution is -2.32. The van der Waals surface area contributed by atoms with Gasteiger partial charge < -0.3 is 9.47 Å². The molecule has 1 aliphatic carbocycles. The highest BCUT2D eigenvalue weighted by atomic mass is 32.1. The van der Waals surface area contributed by atoms with E-state index in [-0.39, 0.29) is 0 Å². The average molecular weight is 359 g/mol. The first-order valence-corrected chi connectivity index (χ1v) is 9.84. The first kappa shape index (κ1) is 16.8. The third-order valence-corrected chi connectivity index (χ3v) is 6.39. The normalized spacial score (nSPS) is 19.1. The molecule has 5 nitrogen and oxygen atoms in total. The Morgan fingerprint density at radius 1 is 0.920 bits per heavy atom. The van der Waals surface area contributed by atoms with Crippen molar-refractivity contribution in [1.29, 1.82) is 0 Å². The van der Waals surface area contributed by atoms with E-state index in [9.17, 15) is 0 Å². The lowest BCUT2D eigenvalue weighted by atomic mass is 9.97. The molecule has 1 aromatic carbocycles. The highest BCUT2D eigenvalue weighted by Gasteiger charge is 2.30. The third kappa shape index (κ3) is 3.96. The molecule has 0 spiro atoms. The highest BCUT2D eigenvalue weighted by Crippen LogP contribution is 2.43. The zero-order valence-electron chi connectivity index (χ0n) is 14.9. The number of piperidine rings is 1. The lowest BCUT2D eigenvalue weighted by Gasteiger charge is -2.31. The van der Waals surface area contributed by atoms with Gasteiger partial charge in [-0.05, 0) is 56.5 Å². The minimum Gasteiger partial charge on any atom is -0.497 e. The molecule has 0 amide bonds. The van der Waals surface area contributed by atoms with Crippen LogP contribution in [0.2, 0.25) is 0 Å². The van der Waals surface area contributed by atoms with E-state index in [4.69, 9.17) is 9.47 Å². The summed E-state index contributed by atoms with van der Waals surface area (Å²) < 4.78 is 10.8. The summed E-state index contributed by atoms with van der Waals surface area (Å²) >= 11 is 1.85. The summed E-state index contributed by atoms with van der Waals surface area (Å²) in [5.74, 6) is 3.01. The molecule has 1 aromatic heterocycles. The zero-order valence-corrected chi connectivity index (χ0v) is 15.7. The molecule has 0 radical (unpaired) electrons. The van der Waals surface area contributed by atoms with Gasteiger partial charge in [-0.25, -0.2) is 0 Å². The Hall–Kier alpha value is -1.66. The van der Waals surface area contributed by atoms with Gasteiger partial charge in [0.2, 0.25) is 0 Å². The quantitative estimate of drug-likeness (QED) is 0.785. The minimum absolute atomic E-state index is 0.584. The Morgan fingerprint density at radius 3 is 2.00 bits per heavy atom. The van der Waals surface area contributed by atoms with Gasteiger partial charge in [-0.3, -0.25) is 4.90 Å². The maximum Gasteiger partial charge on any atom is 0.122 e. The van der Waals surface area contributed by atoms with E-state index in [1.54, 1.807) is 14.2 Å². The Kier molecular flexibility index (Phi) is 4.90. The number of hydrogen-bond acceptors (Lipinski definition) is 6. The second-order valence-corrected chi connectivity index (χ2v) is 8.06. The van der Waals surface area contributed by atoms with Crippen LogP contribution >= 0.6 is 11.3 Å². The molecule has 134 valence electrons. The standard InChI is InChI=1S/C19H25N3O2S/c1-23-16-9-13(10-17(11-16)24-2)12-22-7-5-15(6-8-22)19-21-20-18(25-19)14-3-4-14/h9-11,14-15H,3-8,12H2,1-2H3. The first-order valence-electron chi connectivity index (χ1n) is 9.02. The molecule has 25 heavy (non-hydrogen) atoms. The molecule has 0 unspecified atom stereocenters. The van der Waals surface area contributed by atoms with E-state index in [1.807, 2.05) is 17.4 Å². The molecule has 2 heterocycles. The summed E-state index contributed by atoms with van der Waals surface area (Å²) in [5.41, 5.74) is 1.24. The summed E-state index contributed by atoms with van der Waals surface area (Å²) in [7, 11) is 3.39. The van der Waals surface area contributed by atoms with Crippen molar-refractivity contribution in [1.82, 2.24) is 15.1 Å². The van der Waals surface area contributed by atoms with Gasteiger partial charge in [0.25, 0.3) is 0 Å². The van der Waals surface area contributed by atoms with Crippen LogP contribution in [0.15, 0.2) is 18.2 Å². The number of likely N-dealkylation sites (tertiary alicyclic amines) is 1. The van der Waals surface area contributed by atoms with Crippen LogP contribution in [0.1, 0.15) is 53.1 Å². The van der Waals surface area contributed by atoms with Crippen LogP contribution in [0.3, 0.4) is 0 Å². The molecule has 0 N–H and O–H groups in total. The first-order chi connectivity index (χ1) is 12.2. The Labute approximate surface area is 153 Å². The fourth-order valence-electron chi connectivity index (χ4n) is 3.46. The molecule has 4 rings (SSSR count). The average Bonchev–Trinajstić information content (AvgIpc) is 3.39. The van der Waals surface area contributed by atoms with Crippen molar-refractivity contribution in [3.05, 3.63) is 33.8 Å². The number of hydrogen-bond donors (Lipinski definition) is 0. The largest absolute Gasteiger partial charge is 0.497 e. The SMILES string of the molecule is COc1cc(CN2CCC(c3nnc(C4CC4)s3)CC2)cc(OC)c1. The van der Waals surface area contributed by atoms with E-state index >= 15 is 0 Å². The lowest BCUT2D eigenvalue weighted by molar-refractivity contribution is 0.204. The molecular formula is C19H25N3O2S. The van der Waals surface area contributed by atoms with Crippen molar-refractivity contribution in [2.45, 2.75) is 44.1 Å². The number of benzene rings is 1. The van der Waals surface area contributed by atoms with Gasteiger partial charge in [0.15, 0.2) is 0 Å². The molecule has 6 heteroatoms. The predicted molar refractivity (Wildman–Crippen MR) is 98.7 cm³/mol. The van der Waals surface area contributed by atoms with Crippen LogP contribution in [-0.2, 0) is 6.54 Å². The maximum atomic E-state index is 5.38. The molecular weight excluding hydrogens is 334 g/mol. The molecule has 1 aliphatic heterocycles. The second kappa shape index (κ2) is 7.30. The fourth-order valence-corrected chi connectivity index (χ4v) is 4.64. The molecule has 1 saturated carbocycles. The molecule has 1 saturated heterocycles. The topological polar surface area (TPSA) is 47.5 Å². The van der Waals surface area contributed by atoms with Crippen LogP contribution < -0.4 is 9.47 Å². The number of ether oxygens (including phenoxy) is 2. The van der Waals surface area contributed by atoms with Crippen molar-refractivity contribution >= 4 is 11.3 Å². The predicted octanol–water partition coefficient (Wildman–Crippen LogP) is 3.81. The van der Waals surface area contributed by atoms with Crippen molar-refractivity contribution in [3.63, 3.8) is 0 Å². The highest BCUT2D eigenvalue weighted by molar-refractivity contribution is 7.11. The number of methoxy groups -OCH3 is 2. The van der Waals surface area contributed by atoms with E-state index in [2.05, 4.69) is 27.2 Å². The van der Waals surface area contributed by atoms with Crippen molar-refractivity contribution in [2.24, 2.45) is 0 Å². The van der Waals surface area contributed by atoms with Crippen LogP contribution in [0.25, 0.3) is 0 Å². The second-order valence-electron chi connectivity index (χ2n) is 7.02. The van der Waals surface area contributed by atoms with Crippen molar-refractivity contribution in [3.8, 4) is 11.5 Å². The van der Waals surface area contributed by atoms with E-state index in [0.29, 0.717) is 5.92 Å². The number of aromatic nitrogens is 2. The van der Waals surface area contributed by atoms with E-state index < -0.39 is 0 Å². The third-order valence-electron chi connectivity index (χ3n) is 5.14. The van der Waals surface area contributed by atoms with Crippen molar-refractivity contribution < 1.29 is 9.47 Å². The van der Waals surface area contributed by atoms with Gasteiger partial charge >= 0.3 is 0 Å². The monoisotopic (exact) mass is 359 g/mol. The Morgan fingerprint density at radius 2 is 1.48 bits per heavy atom. The Balaban J connectivity index is 1.35. The van der Waals surface area contributed by atoms with Gasteiger partial charge in [0.1, 0.15) is 21.5 Å². The zero-order chi connectivity index (χ0) is 17.2. The van der Waals surface area contributed by atoms with Crippen LogP contribution in [-0.4, -0.2) is 42.4 Å². The van der Waals surface area contributed by atoms with Crippen molar-refractivity contribution in [2.75, 3.05) is 27.3 Å². The molecule has 0 atom stereocenters. The van der Waals surface area contributed by atoms with Crippen LogP contribution in [0.5, 0.6) is 11.5 Å². The minimum atomic E-state index is 0.584.